The largest absolute Gasteiger partial charge is 0.381 e. The molecule has 1 saturated heterocycles. The number of rotatable bonds is 2. The molecule has 0 aliphatic carbocycles. The molecule has 0 radical (unpaired) electrons. The fourth-order valence-corrected chi connectivity index (χ4v) is 1.25. The first kappa shape index (κ1) is 7.76. The van der Waals surface area contributed by atoms with E-state index in [-0.39, 0.29) is 0 Å². The van der Waals surface area contributed by atoms with E-state index in [1.807, 2.05) is 0 Å². The summed E-state index contributed by atoms with van der Waals surface area (Å²) in [6, 6.07) is 0. The van der Waals surface area contributed by atoms with Crippen molar-refractivity contribution < 1.29 is 4.74 Å². The van der Waals surface area contributed by atoms with Gasteiger partial charge in [0, 0.05) is 19.1 Å². The maximum Gasteiger partial charge on any atom is 0.0532 e. The van der Waals surface area contributed by atoms with Crippen molar-refractivity contribution in [3.63, 3.8) is 0 Å². The molecule has 1 unspecified atom stereocenters. The van der Waals surface area contributed by atoms with Crippen LogP contribution in [0.4, 0.5) is 0 Å². The lowest BCUT2D eigenvalue weighted by molar-refractivity contribution is 0.190. The van der Waals surface area contributed by atoms with E-state index in [4.69, 9.17) is 10.5 Å². The monoisotopic (exact) mass is 141 g/mol. The number of hydrogen-bond donors (Lipinski definition) is 1. The molecule has 2 nitrogen and oxygen atoms in total. The van der Waals surface area contributed by atoms with E-state index in [1.54, 1.807) is 0 Å². The van der Waals surface area contributed by atoms with Gasteiger partial charge in [-0.15, -0.1) is 0 Å². The molecule has 0 amide bonds. The highest BCUT2D eigenvalue weighted by Gasteiger charge is 2.16. The van der Waals surface area contributed by atoms with E-state index >= 15 is 0 Å². The topological polar surface area (TPSA) is 35.2 Å². The molecule has 0 spiro atoms. The third-order valence-electron chi connectivity index (χ3n) is 2.01. The Balaban J connectivity index is 2.39. The molecule has 10 heavy (non-hydrogen) atoms. The SMILES string of the molecule is C/C(=C\CN)C1CCOC1. The molecular formula is C8H15NO. The number of nitrogens with two attached hydrogens (primary N) is 1. The van der Waals surface area contributed by atoms with Crippen LogP contribution in [0.25, 0.3) is 0 Å². The fourth-order valence-electron chi connectivity index (χ4n) is 1.25. The lowest BCUT2D eigenvalue weighted by Crippen LogP contribution is -2.03. The van der Waals surface area contributed by atoms with Gasteiger partial charge in [-0.25, -0.2) is 0 Å². The van der Waals surface area contributed by atoms with Crippen LogP contribution in [-0.4, -0.2) is 19.8 Å². The molecule has 1 fully saturated rings. The first-order valence-electron chi connectivity index (χ1n) is 3.79. The van der Waals surface area contributed by atoms with Crippen molar-refractivity contribution in [2.45, 2.75) is 13.3 Å². The van der Waals surface area contributed by atoms with Gasteiger partial charge in [0.25, 0.3) is 0 Å². The maximum atomic E-state index is 5.38. The molecular weight excluding hydrogens is 126 g/mol. The van der Waals surface area contributed by atoms with Crippen molar-refractivity contribution in [2.75, 3.05) is 19.8 Å². The Kier molecular flexibility index (Phi) is 2.90. The molecule has 1 atom stereocenters. The van der Waals surface area contributed by atoms with Gasteiger partial charge in [0.2, 0.25) is 0 Å². The smallest absolute Gasteiger partial charge is 0.0532 e. The van der Waals surface area contributed by atoms with Gasteiger partial charge >= 0.3 is 0 Å². The summed E-state index contributed by atoms with van der Waals surface area (Å²) >= 11 is 0. The van der Waals surface area contributed by atoms with Crippen molar-refractivity contribution in [1.82, 2.24) is 0 Å². The zero-order valence-corrected chi connectivity index (χ0v) is 6.47. The van der Waals surface area contributed by atoms with Crippen LogP contribution in [0, 0.1) is 5.92 Å². The summed E-state index contributed by atoms with van der Waals surface area (Å²) in [7, 11) is 0. The molecule has 0 bridgehead atoms. The zero-order chi connectivity index (χ0) is 7.40. The van der Waals surface area contributed by atoms with E-state index in [9.17, 15) is 0 Å². The standard InChI is InChI=1S/C8H15NO/c1-7(2-4-9)8-3-5-10-6-8/h2,8H,3-6,9H2,1H3/b7-2+. The maximum absolute atomic E-state index is 5.38. The van der Waals surface area contributed by atoms with Crippen molar-refractivity contribution in [3.05, 3.63) is 11.6 Å². The highest BCUT2D eigenvalue weighted by molar-refractivity contribution is 5.05. The van der Waals surface area contributed by atoms with E-state index in [2.05, 4.69) is 13.0 Å². The van der Waals surface area contributed by atoms with Crippen LogP contribution < -0.4 is 5.73 Å². The van der Waals surface area contributed by atoms with Crippen LogP contribution in [0.2, 0.25) is 0 Å². The molecule has 1 rings (SSSR count). The van der Waals surface area contributed by atoms with Crippen LogP contribution in [0.15, 0.2) is 11.6 Å². The van der Waals surface area contributed by atoms with Gasteiger partial charge < -0.3 is 10.5 Å². The summed E-state index contributed by atoms with van der Waals surface area (Å²) in [6.07, 6.45) is 3.25. The highest BCUT2D eigenvalue weighted by Crippen LogP contribution is 2.20. The average molecular weight is 141 g/mol. The molecule has 1 aliphatic heterocycles. The van der Waals surface area contributed by atoms with E-state index in [1.165, 1.54) is 12.0 Å². The lowest BCUT2D eigenvalue weighted by Gasteiger charge is -2.06. The summed E-state index contributed by atoms with van der Waals surface area (Å²) in [5.41, 5.74) is 6.77. The van der Waals surface area contributed by atoms with Crippen LogP contribution in [0.5, 0.6) is 0 Å². The highest BCUT2D eigenvalue weighted by atomic mass is 16.5. The second-order valence-corrected chi connectivity index (χ2v) is 2.74. The first-order chi connectivity index (χ1) is 4.84. The quantitative estimate of drug-likeness (QED) is 0.580. The van der Waals surface area contributed by atoms with Crippen LogP contribution in [-0.2, 0) is 4.74 Å². The Morgan fingerprint density at radius 1 is 1.80 bits per heavy atom. The summed E-state index contributed by atoms with van der Waals surface area (Å²) < 4.78 is 5.24. The van der Waals surface area contributed by atoms with Gasteiger partial charge in [-0.1, -0.05) is 11.6 Å². The van der Waals surface area contributed by atoms with Crippen LogP contribution >= 0.6 is 0 Å². The first-order valence-corrected chi connectivity index (χ1v) is 3.79. The minimum absolute atomic E-state index is 0.642. The predicted octanol–water partition coefficient (Wildman–Crippen LogP) is 0.928. The van der Waals surface area contributed by atoms with Gasteiger partial charge in [0.15, 0.2) is 0 Å². The van der Waals surface area contributed by atoms with Crippen molar-refractivity contribution in [3.8, 4) is 0 Å². The van der Waals surface area contributed by atoms with Crippen LogP contribution in [0.3, 0.4) is 0 Å². The van der Waals surface area contributed by atoms with Crippen LogP contribution in [0.1, 0.15) is 13.3 Å². The Hall–Kier alpha value is -0.340. The predicted molar refractivity (Wildman–Crippen MR) is 41.7 cm³/mol. The summed E-state index contributed by atoms with van der Waals surface area (Å²) in [5.74, 6) is 0.642. The fraction of sp³-hybridized carbons (Fsp3) is 0.750. The van der Waals surface area contributed by atoms with E-state index < -0.39 is 0 Å². The normalized spacial score (nSPS) is 27.4. The molecule has 2 heteroatoms. The number of hydrogen-bond acceptors (Lipinski definition) is 2. The van der Waals surface area contributed by atoms with Gasteiger partial charge in [0.1, 0.15) is 0 Å². The molecule has 0 saturated carbocycles. The Bertz CT molecular complexity index is 125. The van der Waals surface area contributed by atoms with Gasteiger partial charge in [0.05, 0.1) is 6.61 Å². The molecule has 0 aromatic heterocycles. The molecule has 0 aromatic rings. The molecule has 1 aliphatic rings. The molecule has 0 aromatic carbocycles. The minimum atomic E-state index is 0.642. The van der Waals surface area contributed by atoms with E-state index in [0.29, 0.717) is 12.5 Å². The third kappa shape index (κ3) is 1.82. The summed E-state index contributed by atoms with van der Waals surface area (Å²) in [6.45, 7) is 4.59. The average Bonchev–Trinajstić information content (AvgIpc) is 2.38. The van der Waals surface area contributed by atoms with Gasteiger partial charge in [-0.2, -0.15) is 0 Å². The van der Waals surface area contributed by atoms with Gasteiger partial charge in [-0.05, 0) is 13.3 Å². The number of ether oxygens (including phenoxy) is 1. The van der Waals surface area contributed by atoms with Crippen molar-refractivity contribution >= 4 is 0 Å². The minimum Gasteiger partial charge on any atom is -0.381 e. The molecule has 2 N–H and O–H groups in total. The molecule has 58 valence electrons. The van der Waals surface area contributed by atoms with Crippen molar-refractivity contribution in [1.29, 1.82) is 0 Å². The summed E-state index contributed by atoms with van der Waals surface area (Å²) in [5, 5.41) is 0. The lowest BCUT2D eigenvalue weighted by atomic mass is 10.00. The molecule has 1 heterocycles. The van der Waals surface area contributed by atoms with Gasteiger partial charge in [-0.3, -0.25) is 0 Å². The Morgan fingerprint density at radius 3 is 3.10 bits per heavy atom. The zero-order valence-electron chi connectivity index (χ0n) is 6.47. The Morgan fingerprint density at radius 2 is 2.60 bits per heavy atom. The second kappa shape index (κ2) is 3.74. The van der Waals surface area contributed by atoms with E-state index in [0.717, 1.165) is 13.2 Å². The third-order valence-corrected chi connectivity index (χ3v) is 2.01. The van der Waals surface area contributed by atoms with Crippen molar-refractivity contribution in [2.24, 2.45) is 11.7 Å². The Labute approximate surface area is 62.1 Å². The second-order valence-electron chi connectivity index (χ2n) is 2.74. The summed E-state index contributed by atoms with van der Waals surface area (Å²) in [4.78, 5) is 0.